The third-order valence-corrected chi connectivity index (χ3v) is 2.31. The Morgan fingerprint density at radius 1 is 0.800 bits per heavy atom. The van der Waals surface area contributed by atoms with Crippen LogP contribution in [0.25, 0.3) is 0 Å². The van der Waals surface area contributed by atoms with Crippen molar-refractivity contribution in [2.24, 2.45) is 0 Å². The molecule has 0 radical (unpaired) electrons. The van der Waals surface area contributed by atoms with Crippen molar-refractivity contribution in [3.63, 3.8) is 0 Å². The Kier molecular flexibility index (Phi) is 3.91. The zero-order valence-electron chi connectivity index (χ0n) is 9.09. The molecule has 4 nitrogen and oxygen atoms in total. The molecule has 5 heteroatoms. The first kappa shape index (κ1) is 11.8. The van der Waals surface area contributed by atoms with Crippen molar-refractivity contribution in [2.75, 3.05) is 28.4 Å². The van der Waals surface area contributed by atoms with Crippen LogP contribution in [0, 0.1) is 0 Å². The molecule has 1 aromatic carbocycles. The van der Waals surface area contributed by atoms with E-state index < -0.39 is 0 Å². The summed E-state index contributed by atoms with van der Waals surface area (Å²) in [6.07, 6.45) is 0. The predicted octanol–water partition coefficient (Wildman–Crippen LogP) is 2.37. The molecule has 0 saturated carbocycles. The molecule has 1 rings (SSSR count). The number of methoxy groups -OCH3 is 4. The molecule has 0 atom stereocenters. The van der Waals surface area contributed by atoms with Gasteiger partial charge in [-0.25, -0.2) is 0 Å². The first-order valence-corrected chi connectivity index (χ1v) is 4.59. The van der Waals surface area contributed by atoms with Crippen molar-refractivity contribution >= 4 is 11.6 Å². The summed E-state index contributed by atoms with van der Waals surface area (Å²) < 4.78 is 20.5. The van der Waals surface area contributed by atoms with E-state index >= 15 is 0 Å². The lowest BCUT2D eigenvalue weighted by atomic mass is 10.2. The average Bonchev–Trinajstić information content (AvgIpc) is 2.28. The summed E-state index contributed by atoms with van der Waals surface area (Å²) in [6.45, 7) is 0. The topological polar surface area (TPSA) is 36.9 Å². The maximum atomic E-state index is 6.04. The van der Waals surface area contributed by atoms with E-state index in [4.69, 9.17) is 30.5 Å². The van der Waals surface area contributed by atoms with Crippen LogP contribution < -0.4 is 18.9 Å². The van der Waals surface area contributed by atoms with Crippen molar-refractivity contribution in [2.45, 2.75) is 0 Å². The monoisotopic (exact) mass is 232 g/mol. The lowest BCUT2D eigenvalue weighted by Gasteiger charge is -2.15. The van der Waals surface area contributed by atoms with Gasteiger partial charge in [0.1, 0.15) is 10.8 Å². The van der Waals surface area contributed by atoms with Crippen LogP contribution in [0.2, 0.25) is 5.02 Å². The van der Waals surface area contributed by atoms with Crippen LogP contribution in [0.5, 0.6) is 23.0 Å². The first-order valence-electron chi connectivity index (χ1n) is 4.22. The van der Waals surface area contributed by atoms with E-state index in [-0.39, 0.29) is 0 Å². The average molecular weight is 233 g/mol. The van der Waals surface area contributed by atoms with Crippen LogP contribution in [-0.4, -0.2) is 28.4 Å². The Hall–Kier alpha value is -1.29. The van der Waals surface area contributed by atoms with Gasteiger partial charge in [-0.2, -0.15) is 0 Å². The van der Waals surface area contributed by atoms with Crippen LogP contribution in [0.1, 0.15) is 0 Å². The summed E-state index contributed by atoms with van der Waals surface area (Å²) in [5, 5.41) is 0.359. The van der Waals surface area contributed by atoms with Gasteiger partial charge in [-0.05, 0) is 0 Å². The summed E-state index contributed by atoms with van der Waals surface area (Å²) in [5.41, 5.74) is 0. The Bertz CT molecular complexity index is 352. The normalized spacial score (nSPS) is 9.67. The van der Waals surface area contributed by atoms with Crippen molar-refractivity contribution in [1.82, 2.24) is 0 Å². The van der Waals surface area contributed by atoms with Crippen LogP contribution >= 0.6 is 11.6 Å². The van der Waals surface area contributed by atoms with Gasteiger partial charge < -0.3 is 18.9 Å². The summed E-state index contributed by atoms with van der Waals surface area (Å²) in [5.74, 6) is 1.84. The van der Waals surface area contributed by atoms with Crippen molar-refractivity contribution < 1.29 is 18.9 Å². The molecule has 0 amide bonds. The third kappa shape index (κ3) is 2.04. The summed E-state index contributed by atoms with van der Waals surface area (Å²) >= 11 is 6.04. The molecule has 0 aliphatic heterocycles. The molecule has 0 spiro atoms. The van der Waals surface area contributed by atoms with Gasteiger partial charge >= 0.3 is 0 Å². The molecule has 0 N–H and O–H groups in total. The summed E-state index contributed by atoms with van der Waals surface area (Å²) in [6, 6.07) is 1.64. The quantitative estimate of drug-likeness (QED) is 0.799. The number of rotatable bonds is 4. The number of halogens is 1. The number of hydrogen-bond acceptors (Lipinski definition) is 4. The molecule has 0 saturated heterocycles. The van der Waals surface area contributed by atoms with Crippen molar-refractivity contribution in [3.8, 4) is 23.0 Å². The molecule has 0 aliphatic carbocycles. The SMILES string of the molecule is COc1cc(OC)c(OC)c(OC)c1Cl. The van der Waals surface area contributed by atoms with E-state index in [1.165, 1.54) is 28.4 Å². The highest BCUT2D eigenvalue weighted by atomic mass is 35.5. The van der Waals surface area contributed by atoms with E-state index in [0.29, 0.717) is 28.0 Å². The molecule has 1 aromatic rings. The molecule has 0 fully saturated rings. The lowest BCUT2D eigenvalue weighted by molar-refractivity contribution is 0.319. The zero-order valence-corrected chi connectivity index (χ0v) is 9.84. The Morgan fingerprint density at radius 3 is 1.73 bits per heavy atom. The summed E-state index contributed by atoms with van der Waals surface area (Å²) in [7, 11) is 6.07. The summed E-state index contributed by atoms with van der Waals surface area (Å²) in [4.78, 5) is 0. The first-order chi connectivity index (χ1) is 7.19. The molecule has 15 heavy (non-hydrogen) atoms. The largest absolute Gasteiger partial charge is 0.495 e. The van der Waals surface area contributed by atoms with Crippen LogP contribution in [0.15, 0.2) is 6.07 Å². The van der Waals surface area contributed by atoms with Crippen LogP contribution in [-0.2, 0) is 0 Å². The fourth-order valence-electron chi connectivity index (χ4n) is 1.25. The molecule has 0 aromatic heterocycles. The third-order valence-electron chi connectivity index (χ3n) is 1.96. The van der Waals surface area contributed by atoms with Gasteiger partial charge in [0, 0.05) is 6.07 Å². The molecule has 0 heterocycles. The van der Waals surface area contributed by atoms with Gasteiger partial charge in [0.15, 0.2) is 11.5 Å². The minimum absolute atomic E-state index is 0.359. The standard InChI is InChI=1S/C10H13ClO4/c1-12-6-5-7(13-2)9(14-3)10(15-4)8(6)11/h5H,1-4H3. The van der Waals surface area contributed by atoms with E-state index in [1.54, 1.807) is 6.07 Å². The van der Waals surface area contributed by atoms with Gasteiger partial charge in [0.2, 0.25) is 5.75 Å². The maximum Gasteiger partial charge on any atom is 0.205 e. The Balaban J connectivity index is 3.43. The van der Waals surface area contributed by atoms with E-state index in [9.17, 15) is 0 Å². The molecule has 0 unspecified atom stereocenters. The van der Waals surface area contributed by atoms with Gasteiger partial charge in [0.05, 0.1) is 28.4 Å². The highest BCUT2D eigenvalue weighted by molar-refractivity contribution is 6.34. The Morgan fingerprint density at radius 2 is 1.33 bits per heavy atom. The maximum absolute atomic E-state index is 6.04. The van der Waals surface area contributed by atoms with Crippen molar-refractivity contribution in [1.29, 1.82) is 0 Å². The fourth-order valence-corrected chi connectivity index (χ4v) is 1.54. The fraction of sp³-hybridized carbons (Fsp3) is 0.400. The van der Waals surface area contributed by atoms with Gasteiger partial charge in [-0.1, -0.05) is 11.6 Å². The minimum atomic E-state index is 0.359. The number of benzene rings is 1. The van der Waals surface area contributed by atoms with Gasteiger partial charge in [-0.3, -0.25) is 0 Å². The van der Waals surface area contributed by atoms with Crippen molar-refractivity contribution in [3.05, 3.63) is 11.1 Å². The van der Waals surface area contributed by atoms with Gasteiger partial charge in [-0.15, -0.1) is 0 Å². The molecular formula is C10H13ClO4. The molecule has 0 bridgehead atoms. The molecular weight excluding hydrogens is 220 g/mol. The smallest absolute Gasteiger partial charge is 0.205 e. The second kappa shape index (κ2) is 4.98. The molecule has 84 valence electrons. The Labute approximate surface area is 93.6 Å². The predicted molar refractivity (Wildman–Crippen MR) is 57.7 cm³/mol. The van der Waals surface area contributed by atoms with Crippen LogP contribution in [0.4, 0.5) is 0 Å². The highest BCUT2D eigenvalue weighted by Crippen LogP contribution is 2.47. The second-order valence-corrected chi connectivity index (χ2v) is 3.04. The molecule has 0 aliphatic rings. The number of hydrogen-bond donors (Lipinski definition) is 0. The lowest BCUT2D eigenvalue weighted by Crippen LogP contribution is -1.97. The van der Waals surface area contributed by atoms with E-state index in [2.05, 4.69) is 0 Å². The minimum Gasteiger partial charge on any atom is -0.495 e. The van der Waals surface area contributed by atoms with Crippen LogP contribution in [0.3, 0.4) is 0 Å². The number of ether oxygens (including phenoxy) is 4. The van der Waals surface area contributed by atoms with E-state index in [0.717, 1.165) is 0 Å². The van der Waals surface area contributed by atoms with E-state index in [1.807, 2.05) is 0 Å². The highest BCUT2D eigenvalue weighted by Gasteiger charge is 2.19. The zero-order chi connectivity index (χ0) is 11.4. The second-order valence-electron chi connectivity index (χ2n) is 2.66. The van der Waals surface area contributed by atoms with Gasteiger partial charge in [0.25, 0.3) is 0 Å².